The average molecular weight is 365 g/mol. The molecular formula is C20H16FN3OS. The number of hydrogen-bond donors (Lipinski definition) is 1. The number of thiazole rings is 1. The minimum atomic E-state index is -0.294. The summed E-state index contributed by atoms with van der Waals surface area (Å²) in [7, 11) is 1.62. The first-order valence-electron chi connectivity index (χ1n) is 7.84. The van der Waals surface area contributed by atoms with Crippen LogP contribution in [-0.4, -0.2) is 12.1 Å². The summed E-state index contributed by atoms with van der Waals surface area (Å²) in [5.41, 5.74) is 3.27. The molecule has 130 valence electrons. The van der Waals surface area contributed by atoms with Crippen molar-refractivity contribution in [2.45, 2.75) is 6.92 Å². The lowest BCUT2D eigenvalue weighted by molar-refractivity contribution is 0.415. The maximum Gasteiger partial charge on any atom is 0.136 e. The molecule has 0 aliphatic carbocycles. The van der Waals surface area contributed by atoms with Gasteiger partial charge in [-0.1, -0.05) is 6.07 Å². The highest BCUT2D eigenvalue weighted by Gasteiger charge is 2.09. The Labute approximate surface area is 155 Å². The lowest BCUT2D eigenvalue weighted by Gasteiger charge is -2.03. The van der Waals surface area contributed by atoms with Crippen LogP contribution in [0, 0.1) is 24.1 Å². The van der Waals surface area contributed by atoms with E-state index in [-0.39, 0.29) is 5.82 Å². The first kappa shape index (κ1) is 17.6. The Morgan fingerprint density at radius 1 is 1.27 bits per heavy atom. The van der Waals surface area contributed by atoms with Crippen LogP contribution in [0.2, 0.25) is 0 Å². The molecule has 3 rings (SSSR count). The Hall–Kier alpha value is -3.17. The molecule has 3 aromatic rings. The fourth-order valence-electron chi connectivity index (χ4n) is 2.27. The van der Waals surface area contributed by atoms with Crippen LogP contribution < -0.4 is 10.1 Å². The van der Waals surface area contributed by atoms with E-state index < -0.39 is 0 Å². The van der Waals surface area contributed by atoms with E-state index in [1.54, 1.807) is 32.4 Å². The van der Waals surface area contributed by atoms with Crippen LogP contribution in [0.4, 0.5) is 10.1 Å². The number of benzene rings is 2. The van der Waals surface area contributed by atoms with Gasteiger partial charge in [0.15, 0.2) is 0 Å². The van der Waals surface area contributed by atoms with Gasteiger partial charge in [-0.2, -0.15) is 5.26 Å². The number of nitrogens with zero attached hydrogens (tertiary/aromatic N) is 2. The van der Waals surface area contributed by atoms with Crippen LogP contribution in [0.5, 0.6) is 5.75 Å². The highest BCUT2D eigenvalue weighted by Crippen LogP contribution is 2.27. The van der Waals surface area contributed by atoms with Crippen molar-refractivity contribution in [2.24, 2.45) is 0 Å². The zero-order chi connectivity index (χ0) is 18.5. The van der Waals surface area contributed by atoms with E-state index >= 15 is 0 Å². The van der Waals surface area contributed by atoms with Crippen LogP contribution in [0.3, 0.4) is 0 Å². The van der Waals surface area contributed by atoms with Gasteiger partial charge >= 0.3 is 0 Å². The normalized spacial score (nSPS) is 11.1. The minimum absolute atomic E-state index is 0.294. The van der Waals surface area contributed by atoms with Crippen molar-refractivity contribution in [2.75, 3.05) is 12.4 Å². The molecule has 0 radical (unpaired) electrons. The summed E-state index contributed by atoms with van der Waals surface area (Å²) in [5, 5.41) is 14.9. The van der Waals surface area contributed by atoms with Crippen LogP contribution in [0.15, 0.2) is 54.0 Å². The van der Waals surface area contributed by atoms with E-state index in [9.17, 15) is 9.65 Å². The van der Waals surface area contributed by atoms with E-state index in [4.69, 9.17) is 4.74 Å². The van der Waals surface area contributed by atoms with Crippen molar-refractivity contribution in [3.63, 3.8) is 0 Å². The SMILES string of the molecule is COc1ccc(-c2csc(/C(C#N)=C/Nc3ccc(C)c(F)c3)n2)cc1. The monoisotopic (exact) mass is 365 g/mol. The maximum atomic E-state index is 13.6. The van der Waals surface area contributed by atoms with Crippen LogP contribution in [0.25, 0.3) is 16.8 Å². The summed E-state index contributed by atoms with van der Waals surface area (Å²) in [5.74, 6) is 0.481. The van der Waals surface area contributed by atoms with Crippen LogP contribution in [-0.2, 0) is 0 Å². The molecule has 26 heavy (non-hydrogen) atoms. The number of hydrogen-bond acceptors (Lipinski definition) is 5. The summed E-state index contributed by atoms with van der Waals surface area (Å²) in [4.78, 5) is 4.52. The van der Waals surface area contributed by atoms with E-state index in [0.29, 0.717) is 21.8 Å². The molecule has 0 bridgehead atoms. The Balaban J connectivity index is 1.81. The first-order valence-corrected chi connectivity index (χ1v) is 8.72. The molecule has 0 unspecified atom stereocenters. The topological polar surface area (TPSA) is 57.9 Å². The summed E-state index contributed by atoms with van der Waals surface area (Å²) in [6.45, 7) is 1.70. The van der Waals surface area contributed by atoms with E-state index in [0.717, 1.165) is 17.0 Å². The summed E-state index contributed by atoms with van der Waals surface area (Å²) >= 11 is 1.38. The number of aryl methyl sites for hydroxylation is 1. The van der Waals surface area contributed by atoms with Gasteiger partial charge in [0.1, 0.15) is 28.2 Å². The van der Waals surface area contributed by atoms with Gasteiger partial charge < -0.3 is 10.1 Å². The lowest BCUT2D eigenvalue weighted by atomic mass is 10.2. The number of aromatic nitrogens is 1. The quantitative estimate of drug-likeness (QED) is 0.628. The molecule has 0 fully saturated rings. The second-order valence-electron chi connectivity index (χ2n) is 5.54. The summed E-state index contributed by atoms with van der Waals surface area (Å²) in [6.07, 6.45) is 1.54. The molecule has 1 N–H and O–H groups in total. The zero-order valence-electron chi connectivity index (χ0n) is 14.3. The standard InChI is InChI=1S/C20H16FN3OS/c1-13-3-6-16(9-18(13)21)23-11-15(10-22)20-24-19(12-26-20)14-4-7-17(25-2)8-5-14/h3-9,11-12,23H,1-2H3/b15-11+. The molecular weight excluding hydrogens is 349 g/mol. The number of halogens is 1. The lowest BCUT2D eigenvalue weighted by Crippen LogP contribution is -1.93. The van der Waals surface area contributed by atoms with Crippen molar-refractivity contribution >= 4 is 22.6 Å². The highest BCUT2D eigenvalue weighted by molar-refractivity contribution is 7.11. The summed E-state index contributed by atoms with van der Waals surface area (Å²) < 4.78 is 18.8. The first-order chi connectivity index (χ1) is 12.6. The van der Waals surface area contributed by atoms with Crippen molar-refractivity contribution in [1.82, 2.24) is 4.98 Å². The van der Waals surface area contributed by atoms with Gasteiger partial charge in [0.2, 0.25) is 0 Å². The number of nitrogens with one attached hydrogen (secondary N) is 1. The molecule has 0 saturated carbocycles. The second kappa shape index (κ2) is 7.81. The fraction of sp³-hybridized carbons (Fsp3) is 0.100. The Morgan fingerprint density at radius 2 is 2.04 bits per heavy atom. The Bertz CT molecular complexity index is 987. The number of methoxy groups -OCH3 is 1. The third-order valence-corrected chi connectivity index (χ3v) is 4.67. The number of anilines is 1. The Morgan fingerprint density at radius 3 is 2.69 bits per heavy atom. The van der Waals surface area contributed by atoms with Gasteiger partial charge in [0.25, 0.3) is 0 Å². The van der Waals surface area contributed by atoms with E-state index in [2.05, 4.69) is 16.4 Å². The average Bonchev–Trinajstić information content (AvgIpc) is 3.15. The number of ether oxygens (including phenoxy) is 1. The maximum absolute atomic E-state index is 13.6. The third-order valence-electron chi connectivity index (χ3n) is 3.80. The van der Waals surface area contributed by atoms with E-state index in [1.807, 2.05) is 29.6 Å². The van der Waals surface area contributed by atoms with Gasteiger partial charge in [-0.05, 0) is 48.9 Å². The predicted octanol–water partition coefficient (Wildman–Crippen LogP) is 5.24. The molecule has 0 atom stereocenters. The smallest absolute Gasteiger partial charge is 0.136 e. The molecule has 0 amide bonds. The van der Waals surface area contributed by atoms with Crippen LogP contribution >= 0.6 is 11.3 Å². The van der Waals surface area contributed by atoms with Crippen LogP contribution in [0.1, 0.15) is 10.6 Å². The largest absolute Gasteiger partial charge is 0.497 e. The molecule has 4 nitrogen and oxygen atoms in total. The summed E-state index contributed by atoms with van der Waals surface area (Å²) in [6, 6.07) is 14.5. The van der Waals surface area contributed by atoms with Crippen molar-refractivity contribution in [3.8, 4) is 23.1 Å². The molecule has 1 aromatic heterocycles. The van der Waals surface area contributed by atoms with Gasteiger partial charge in [0.05, 0.1) is 12.8 Å². The molecule has 0 aliphatic heterocycles. The minimum Gasteiger partial charge on any atom is -0.497 e. The van der Waals surface area contributed by atoms with Gasteiger partial charge in [-0.3, -0.25) is 0 Å². The fourth-order valence-corrected chi connectivity index (χ4v) is 3.07. The third kappa shape index (κ3) is 3.90. The number of rotatable bonds is 5. The van der Waals surface area contributed by atoms with Gasteiger partial charge in [-0.25, -0.2) is 9.37 Å². The van der Waals surface area contributed by atoms with Gasteiger partial charge in [0, 0.05) is 22.8 Å². The van der Waals surface area contributed by atoms with Crippen molar-refractivity contribution < 1.29 is 9.13 Å². The molecule has 0 saturated heterocycles. The highest BCUT2D eigenvalue weighted by atomic mass is 32.1. The molecule has 0 spiro atoms. The van der Waals surface area contributed by atoms with Crippen molar-refractivity contribution in [1.29, 1.82) is 5.26 Å². The molecule has 1 heterocycles. The molecule has 6 heteroatoms. The molecule has 0 aliphatic rings. The van der Waals surface area contributed by atoms with E-state index in [1.165, 1.54) is 17.4 Å². The number of allylic oxidation sites excluding steroid dienone is 1. The zero-order valence-corrected chi connectivity index (χ0v) is 15.1. The predicted molar refractivity (Wildman–Crippen MR) is 102 cm³/mol. The number of nitriles is 1. The van der Waals surface area contributed by atoms with Gasteiger partial charge in [-0.15, -0.1) is 11.3 Å². The Kier molecular flexibility index (Phi) is 5.30. The van der Waals surface area contributed by atoms with Crippen molar-refractivity contribution in [3.05, 3.63) is 70.4 Å². The molecule has 2 aromatic carbocycles. The second-order valence-corrected chi connectivity index (χ2v) is 6.40.